The highest BCUT2D eigenvalue weighted by atomic mass is 79.9. The van der Waals surface area contributed by atoms with E-state index in [4.69, 9.17) is 4.79 Å². The highest BCUT2D eigenvalue weighted by Crippen LogP contribution is 2.32. The van der Waals surface area contributed by atoms with Gasteiger partial charge >= 0.3 is 0 Å². The van der Waals surface area contributed by atoms with Crippen molar-refractivity contribution in [3.05, 3.63) is 53.1 Å². The first-order valence-corrected chi connectivity index (χ1v) is 8.44. The first-order valence-electron chi connectivity index (χ1n) is 7.64. The number of hydrogen-bond acceptors (Lipinski definition) is 2. The highest BCUT2D eigenvalue weighted by Gasteiger charge is 2.07. The lowest BCUT2D eigenvalue weighted by molar-refractivity contribution is -0.106. The number of fused-ring (bicyclic) bond motifs is 1. The van der Waals surface area contributed by atoms with Gasteiger partial charge in [-0.3, -0.25) is 0 Å². The molecular formula is C19H23BrN2O. The molecule has 0 aliphatic heterocycles. The minimum Gasteiger partial charge on any atom is -0.388 e. The van der Waals surface area contributed by atoms with Gasteiger partial charge in [-0.2, -0.15) is 0 Å². The van der Waals surface area contributed by atoms with Crippen molar-refractivity contribution in [3.8, 4) is 11.1 Å². The lowest BCUT2D eigenvalue weighted by Crippen LogP contribution is -1.88. The van der Waals surface area contributed by atoms with Gasteiger partial charge in [-0.25, -0.2) is 0 Å². The van der Waals surface area contributed by atoms with Crippen LogP contribution in [0.15, 0.2) is 53.1 Å². The molecule has 0 aliphatic carbocycles. The van der Waals surface area contributed by atoms with Crippen LogP contribution in [0.2, 0.25) is 0 Å². The first kappa shape index (κ1) is 19.0. The second kappa shape index (κ2) is 9.85. The average Bonchev–Trinajstić information content (AvgIpc) is 2.99. The van der Waals surface area contributed by atoms with Gasteiger partial charge in [0, 0.05) is 34.4 Å². The summed E-state index contributed by atoms with van der Waals surface area (Å²) in [6.45, 7) is 5.44. The summed E-state index contributed by atoms with van der Waals surface area (Å²) in [6, 6.07) is 14.8. The lowest BCUT2D eigenvalue weighted by Gasteiger charge is -2.06. The second-order valence-corrected chi connectivity index (χ2v) is 5.29. The van der Waals surface area contributed by atoms with E-state index in [1.54, 1.807) is 0 Å². The fourth-order valence-electron chi connectivity index (χ4n) is 2.20. The summed E-state index contributed by atoms with van der Waals surface area (Å²) < 4.78 is 1.10. The van der Waals surface area contributed by atoms with Crippen LogP contribution >= 0.6 is 15.9 Å². The van der Waals surface area contributed by atoms with Gasteiger partial charge in [-0.05, 0) is 40.5 Å². The van der Waals surface area contributed by atoms with Crippen molar-refractivity contribution in [1.29, 1.82) is 0 Å². The fraction of sp³-hybridized carbons (Fsp3) is 0.211. The number of H-pyrrole nitrogens is 1. The predicted octanol–water partition coefficient (Wildman–Crippen LogP) is 5.87. The molecule has 0 unspecified atom stereocenters. The van der Waals surface area contributed by atoms with Gasteiger partial charge < -0.3 is 15.1 Å². The molecule has 0 fully saturated rings. The SMILES string of the molecule is CC.CC=O.CNc1cccc(-c2cccc3c(Br)c[nH]c23)c1. The van der Waals surface area contributed by atoms with E-state index in [-0.39, 0.29) is 0 Å². The van der Waals surface area contributed by atoms with Crippen LogP contribution < -0.4 is 5.32 Å². The molecule has 0 saturated heterocycles. The summed E-state index contributed by atoms with van der Waals surface area (Å²) in [7, 11) is 1.94. The topological polar surface area (TPSA) is 44.9 Å². The van der Waals surface area contributed by atoms with Crippen molar-refractivity contribution >= 4 is 38.8 Å². The van der Waals surface area contributed by atoms with E-state index in [9.17, 15) is 0 Å². The van der Waals surface area contributed by atoms with Crippen molar-refractivity contribution < 1.29 is 4.79 Å². The summed E-state index contributed by atoms with van der Waals surface area (Å²) in [4.78, 5) is 12.1. The Hall–Kier alpha value is -2.07. The molecule has 122 valence electrons. The zero-order valence-corrected chi connectivity index (χ0v) is 15.6. The van der Waals surface area contributed by atoms with E-state index in [0.29, 0.717) is 0 Å². The third kappa shape index (κ3) is 4.70. The van der Waals surface area contributed by atoms with Gasteiger partial charge in [0.05, 0.1) is 5.52 Å². The number of para-hydroxylation sites is 1. The number of carbonyl (C=O) groups is 1. The molecule has 3 rings (SSSR count). The fourth-order valence-corrected chi connectivity index (χ4v) is 2.65. The molecule has 0 atom stereocenters. The van der Waals surface area contributed by atoms with Gasteiger partial charge in [0.2, 0.25) is 0 Å². The first-order chi connectivity index (χ1) is 11.2. The molecule has 0 bridgehead atoms. The number of benzene rings is 2. The number of carbonyl (C=O) groups excluding carboxylic acids is 1. The van der Waals surface area contributed by atoms with E-state index in [2.05, 4.69) is 68.7 Å². The van der Waals surface area contributed by atoms with Crippen molar-refractivity contribution in [1.82, 2.24) is 4.98 Å². The number of aromatic amines is 1. The molecule has 0 aliphatic rings. The molecule has 0 amide bonds. The number of anilines is 1. The van der Waals surface area contributed by atoms with Gasteiger partial charge in [0.25, 0.3) is 0 Å². The maximum absolute atomic E-state index is 8.81. The number of hydrogen-bond donors (Lipinski definition) is 2. The number of halogens is 1. The van der Waals surface area contributed by atoms with Crippen LogP contribution in [0.5, 0.6) is 0 Å². The van der Waals surface area contributed by atoms with Crippen molar-refractivity contribution in [2.75, 3.05) is 12.4 Å². The van der Waals surface area contributed by atoms with Gasteiger partial charge in [0.1, 0.15) is 6.29 Å². The van der Waals surface area contributed by atoms with E-state index in [0.717, 1.165) is 22.0 Å². The Balaban J connectivity index is 0.000000477. The van der Waals surface area contributed by atoms with E-state index < -0.39 is 0 Å². The molecule has 0 radical (unpaired) electrons. The molecular weight excluding hydrogens is 352 g/mol. The minimum absolute atomic E-state index is 0.750. The van der Waals surface area contributed by atoms with Crippen molar-refractivity contribution in [3.63, 3.8) is 0 Å². The summed E-state index contributed by atoms with van der Waals surface area (Å²) in [5.41, 5.74) is 4.71. The van der Waals surface area contributed by atoms with Gasteiger partial charge in [-0.1, -0.05) is 44.2 Å². The van der Waals surface area contributed by atoms with Crippen LogP contribution in [0.3, 0.4) is 0 Å². The van der Waals surface area contributed by atoms with Crippen LogP contribution in [0.1, 0.15) is 20.8 Å². The Morgan fingerprint density at radius 1 is 1.13 bits per heavy atom. The van der Waals surface area contributed by atoms with E-state index >= 15 is 0 Å². The van der Waals surface area contributed by atoms with Crippen LogP contribution in [-0.4, -0.2) is 18.3 Å². The monoisotopic (exact) mass is 374 g/mol. The number of nitrogens with one attached hydrogen (secondary N) is 2. The molecule has 4 heteroatoms. The van der Waals surface area contributed by atoms with E-state index in [1.165, 1.54) is 23.4 Å². The zero-order valence-electron chi connectivity index (χ0n) is 14.0. The maximum Gasteiger partial charge on any atom is 0.116 e. The predicted molar refractivity (Wildman–Crippen MR) is 104 cm³/mol. The zero-order chi connectivity index (χ0) is 17.2. The van der Waals surface area contributed by atoms with Crippen LogP contribution in [-0.2, 0) is 4.79 Å². The molecule has 0 saturated carbocycles. The van der Waals surface area contributed by atoms with Gasteiger partial charge in [-0.15, -0.1) is 0 Å². The Bertz CT molecular complexity index is 750. The van der Waals surface area contributed by atoms with Crippen LogP contribution in [0.25, 0.3) is 22.0 Å². The standard InChI is InChI=1S/C15H13BrN2.C2H4O.C2H6/c1-17-11-5-2-4-10(8-11)12-6-3-7-13-14(16)9-18-15(12)13;1-2-3;1-2/h2-9,17-18H,1H3;2H,1H3;1-2H3. The molecule has 1 heterocycles. The second-order valence-electron chi connectivity index (χ2n) is 4.43. The molecule has 2 N–H and O–H groups in total. The third-order valence-electron chi connectivity index (χ3n) is 3.13. The van der Waals surface area contributed by atoms with Gasteiger partial charge in [0.15, 0.2) is 0 Å². The van der Waals surface area contributed by atoms with Crippen molar-refractivity contribution in [2.45, 2.75) is 20.8 Å². The Morgan fingerprint density at radius 2 is 1.78 bits per heavy atom. The number of aldehydes is 1. The maximum atomic E-state index is 8.81. The lowest BCUT2D eigenvalue weighted by atomic mass is 10.0. The smallest absolute Gasteiger partial charge is 0.116 e. The number of aromatic nitrogens is 1. The highest BCUT2D eigenvalue weighted by molar-refractivity contribution is 9.10. The summed E-state index contributed by atoms with van der Waals surface area (Å²) in [6.07, 6.45) is 2.73. The number of rotatable bonds is 2. The molecule has 23 heavy (non-hydrogen) atoms. The Kier molecular flexibility index (Phi) is 8.13. The largest absolute Gasteiger partial charge is 0.388 e. The molecule has 3 nitrogen and oxygen atoms in total. The van der Waals surface area contributed by atoms with Crippen LogP contribution in [0, 0.1) is 0 Å². The summed E-state index contributed by atoms with van der Waals surface area (Å²) >= 11 is 3.56. The summed E-state index contributed by atoms with van der Waals surface area (Å²) in [5, 5.41) is 4.38. The Morgan fingerprint density at radius 3 is 2.43 bits per heavy atom. The Labute approximate surface area is 146 Å². The molecule has 2 aromatic carbocycles. The van der Waals surface area contributed by atoms with Crippen LogP contribution in [0.4, 0.5) is 5.69 Å². The van der Waals surface area contributed by atoms with Crippen molar-refractivity contribution in [2.24, 2.45) is 0 Å². The normalized spacial score (nSPS) is 9.26. The quantitative estimate of drug-likeness (QED) is 0.550. The molecule has 0 spiro atoms. The molecule has 3 aromatic rings. The third-order valence-corrected chi connectivity index (χ3v) is 3.78. The van der Waals surface area contributed by atoms with E-state index in [1.807, 2.05) is 27.1 Å². The summed E-state index contributed by atoms with van der Waals surface area (Å²) in [5.74, 6) is 0. The molecule has 1 aromatic heterocycles. The average molecular weight is 375 g/mol. The minimum atomic E-state index is 0.750.